The second-order valence-electron chi connectivity index (χ2n) is 24.1. The Hall–Kier alpha value is -9.13. The van der Waals surface area contributed by atoms with Gasteiger partial charge in [-0.2, -0.15) is 27.9 Å². The molecule has 32 nitrogen and oxygen atoms in total. The Bertz CT molecular complexity index is 3870. The van der Waals surface area contributed by atoms with Crippen LogP contribution in [0.25, 0.3) is 22.3 Å². The Kier molecular flexibility index (Phi) is 18.5. The molecule has 4 amide bonds. The third-order valence-electron chi connectivity index (χ3n) is 16.8. The number of thiazole rings is 2. The molecule has 0 saturated carbocycles. The van der Waals surface area contributed by atoms with Crippen LogP contribution in [-0.2, 0) is 97.4 Å². The zero-order valence-electron chi connectivity index (χ0n) is 51.9. The first kappa shape index (κ1) is 66.8. The number of nitrogens with one attached hydrogen (secondary N) is 2. The summed E-state index contributed by atoms with van der Waals surface area (Å²) in [6.45, 7) is 10.4. The first-order valence-electron chi connectivity index (χ1n) is 29.4. The summed E-state index contributed by atoms with van der Waals surface area (Å²) in [6, 6.07) is 8.05. The lowest BCUT2D eigenvalue weighted by molar-refractivity contribution is -0.753. The van der Waals surface area contributed by atoms with Crippen LogP contribution in [0, 0.1) is 0 Å². The molecule has 0 bridgehead atoms. The monoisotopic (exact) mass is 1340 g/mol. The summed E-state index contributed by atoms with van der Waals surface area (Å²) in [6.07, 6.45) is 8.45. The van der Waals surface area contributed by atoms with Gasteiger partial charge < -0.3 is 62.9 Å². The Labute approximate surface area is 540 Å². The third kappa shape index (κ3) is 13.2. The molecule has 0 aliphatic carbocycles. The molecular weight excluding hydrogens is 1270 g/mol. The molecule has 0 spiro atoms. The average molecular weight is 1350 g/mol. The van der Waals surface area contributed by atoms with E-state index in [4.69, 9.17) is 50.7 Å². The summed E-state index contributed by atoms with van der Waals surface area (Å²) < 4.78 is 57.9. The van der Waals surface area contributed by atoms with Gasteiger partial charge in [-0.3, -0.25) is 19.2 Å². The highest BCUT2D eigenvalue weighted by molar-refractivity contribution is 7.81. The Morgan fingerprint density at radius 3 is 1.41 bits per heavy atom. The number of oxime groups is 2. The molecular formula is C58H72N16O16S3+2. The maximum Gasteiger partial charge on any atom is 0.442 e. The van der Waals surface area contributed by atoms with Crippen molar-refractivity contribution in [3.63, 3.8) is 0 Å². The first-order valence-corrected chi connectivity index (χ1v) is 32.5. The maximum atomic E-state index is 14.2. The third-order valence-corrected chi connectivity index (χ3v) is 18.8. The van der Waals surface area contributed by atoms with Gasteiger partial charge in [0.2, 0.25) is 12.4 Å². The number of hydrogen-bond acceptors (Lipinski definition) is 24. The fraction of sp³-hybridized carbons (Fsp3) is 0.448. The number of nitrogen functional groups attached to an aromatic ring is 2. The number of β-lactam (4-membered cyclic amide) rings is 2. The summed E-state index contributed by atoms with van der Waals surface area (Å²) in [5.74, 6) is -6.60. The minimum absolute atomic E-state index is 0.00372. The van der Waals surface area contributed by atoms with Gasteiger partial charge in [0.1, 0.15) is 35.0 Å². The topological polar surface area (TPSA) is 435 Å². The second kappa shape index (κ2) is 25.8. The molecule has 4 aliphatic rings. The smallest absolute Gasteiger partial charge is 0.442 e. The minimum Gasteiger partial charge on any atom is -0.485 e. The molecule has 0 radical (unpaired) electrons. The van der Waals surface area contributed by atoms with Gasteiger partial charge >= 0.3 is 22.3 Å². The Morgan fingerprint density at radius 1 is 0.688 bits per heavy atom. The van der Waals surface area contributed by atoms with Crippen LogP contribution in [0.3, 0.4) is 0 Å². The summed E-state index contributed by atoms with van der Waals surface area (Å²) in [5, 5.41) is 37.6. The summed E-state index contributed by atoms with van der Waals surface area (Å²) in [7, 11) is -1.52. The molecule has 0 unspecified atom stereocenters. The molecule has 4 aliphatic heterocycles. The van der Waals surface area contributed by atoms with E-state index in [0.717, 1.165) is 82.0 Å². The fourth-order valence-corrected chi connectivity index (χ4v) is 13.1. The number of nitrogens with two attached hydrogens (primary N) is 4. The molecule has 6 atom stereocenters. The maximum absolute atomic E-state index is 14.2. The van der Waals surface area contributed by atoms with Crippen molar-refractivity contribution in [3.8, 4) is 33.8 Å². The number of aromatic nitrogens is 6. The van der Waals surface area contributed by atoms with Gasteiger partial charge in [0.05, 0.1) is 47.7 Å². The molecule has 2 fully saturated rings. The van der Waals surface area contributed by atoms with E-state index in [1.807, 2.05) is 81.9 Å². The van der Waals surface area contributed by atoms with Crippen molar-refractivity contribution in [3.05, 3.63) is 94.5 Å². The molecule has 4 aromatic heterocycles. The van der Waals surface area contributed by atoms with E-state index in [0.29, 0.717) is 47.6 Å². The van der Waals surface area contributed by atoms with Crippen LogP contribution in [0.5, 0.6) is 11.5 Å². The molecule has 35 heteroatoms. The lowest BCUT2D eigenvalue weighted by Crippen LogP contribution is -2.78. The largest absolute Gasteiger partial charge is 0.485 e. The van der Waals surface area contributed by atoms with Crippen LogP contribution in [0.1, 0.15) is 89.7 Å². The van der Waals surface area contributed by atoms with Crippen LogP contribution in [0.2, 0.25) is 0 Å². The van der Waals surface area contributed by atoms with Crippen molar-refractivity contribution in [2.24, 2.45) is 35.9 Å². The van der Waals surface area contributed by atoms with Gasteiger partial charge in [-0.1, -0.05) is 22.4 Å². The predicted molar refractivity (Wildman–Crippen MR) is 332 cm³/mol. The molecule has 2 aromatic carbocycles. The number of hydroxylamine groups is 4. The van der Waals surface area contributed by atoms with Crippen molar-refractivity contribution >= 4 is 90.3 Å². The number of carboxylic acids is 2. The average Bonchev–Trinajstić information content (AvgIpc) is 1.33. The number of benzene rings is 2. The van der Waals surface area contributed by atoms with Gasteiger partial charge in [0.15, 0.2) is 48.0 Å². The highest BCUT2D eigenvalue weighted by atomic mass is 32.3. The lowest BCUT2D eigenvalue weighted by atomic mass is 9.84. The molecule has 93 heavy (non-hydrogen) atoms. The number of anilines is 2. The SMILES string of the molecule is C[n+]1cc(-c2ccc3c(c2)CC[C@@H]([C@](C)(O/N=C(\C(=O)N[C@@H]2C(=O)N(OS(=O)(=O)ON4C(=O)[C@@H](NC(=O)/C(=N\O[C@](C)(C(=O)O)[C@@H]5CCc6cc(-c7cn(CCCN)[n+](C)c7)ccc6O5)c5csc(N)n5)C4(C)C)C2(C)C)c2csc(N)n2)C(=O)O)O3)cn1CCCN. The number of aliphatic carboxylic acids is 2. The van der Waals surface area contributed by atoms with E-state index in [1.54, 1.807) is 12.1 Å². The van der Waals surface area contributed by atoms with Crippen LogP contribution >= 0.6 is 22.7 Å². The van der Waals surface area contributed by atoms with Crippen LogP contribution < -0.4 is 52.4 Å². The van der Waals surface area contributed by atoms with Crippen LogP contribution in [-0.4, -0.2) is 155 Å². The number of ether oxygens (including phenoxy) is 2. The van der Waals surface area contributed by atoms with Crippen molar-refractivity contribution in [1.29, 1.82) is 0 Å². The van der Waals surface area contributed by atoms with Crippen molar-refractivity contribution in [2.45, 2.75) is 140 Å². The van der Waals surface area contributed by atoms with Crippen molar-refractivity contribution in [1.82, 2.24) is 40.1 Å². The minimum atomic E-state index is -5.38. The van der Waals surface area contributed by atoms with Gasteiger partial charge in [-0.15, -0.1) is 40.6 Å². The molecule has 12 N–H and O–H groups in total. The quantitative estimate of drug-likeness (QED) is 0.0162. The van der Waals surface area contributed by atoms with E-state index < -0.39 is 104 Å². The molecule has 6 aromatic rings. The van der Waals surface area contributed by atoms with Crippen molar-refractivity contribution in [2.75, 3.05) is 24.6 Å². The van der Waals surface area contributed by atoms with E-state index in [-0.39, 0.29) is 34.5 Å². The number of rotatable bonds is 26. The number of aryl methyl sites for hydroxylation is 6. The number of carbonyl (C=O) groups is 6. The van der Waals surface area contributed by atoms with Crippen LogP contribution in [0.4, 0.5) is 10.3 Å². The molecule has 496 valence electrons. The van der Waals surface area contributed by atoms with E-state index in [1.165, 1.54) is 52.3 Å². The van der Waals surface area contributed by atoms with Gasteiger partial charge in [0, 0.05) is 10.8 Å². The standard InChI is InChI=1S/C58H70N16O16S3/c1-55(2)45(65-47(75)43(37-29-91-53(61)63-37)67-87-57(5,51(79)80)41-17-13-33-23-31(11-15-39(33)85-41)35-25-69(7)71(27-35)21-9-19-59)49(77)73(55)89-93(83,84)90-74-50(78)46(56(74,3)4)66-48(76)44(38-30-92-54(62)64-38)68-88-58(6,52(81)82)42-18-14-34-24-32(12-16-40(34)86-42)36-26-70(8)72(28-36)22-10-20-60/h11-12,15-16,23-30,41-42,45-46H,9-10,13-14,17-22,59-60H2,1-8H3,(H6-2,61,62,63,64,65,66,75,76,79,80,81,82)/p+2/b67-43-,68-44-/t41-,42-,45+,46+,57-,58-/m0/s1. The normalized spacial score (nSPS) is 20.5. The number of nitrogens with zero attached hydrogens (tertiary/aromatic N) is 10. The number of hydrogen-bond donors (Lipinski definition) is 8. The highest BCUT2D eigenvalue weighted by Gasteiger charge is 2.62. The zero-order chi connectivity index (χ0) is 67.3. The zero-order valence-corrected chi connectivity index (χ0v) is 54.4. The number of carboxylic acid groups (broad SMARTS) is 2. The fourth-order valence-electron chi connectivity index (χ4n) is 11.1. The highest BCUT2D eigenvalue weighted by Crippen LogP contribution is 2.40. The summed E-state index contributed by atoms with van der Waals surface area (Å²) in [5.41, 5.74) is 19.4. The predicted octanol–water partition coefficient (Wildman–Crippen LogP) is 0.983. The van der Waals surface area contributed by atoms with Gasteiger partial charge in [0.25, 0.3) is 34.8 Å². The second-order valence-corrected chi connectivity index (χ2v) is 27.0. The summed E-state index contributed by atoms with van der Waals surface area (Å²) in [4.78, 5) is 102. The lowest BCUT2D eigenvalue weighted by Gasteiger charge is -2.52. The van der Waals surface area contributed by atoms with Crippen molar-refractivity contribution < 1.29 is 84.5 Å². The van der Waals surface area contributed by atoms with Gasteiger partial charge in [-0.25, -0.2) is 19.6 Å². The molecule has 10 rings (SSSR count). The summed E-state index contributed by atoms with van der Waals surface area (Å²) >= 11 is 1.84. The Morgan fingerprint density at radius 2 is 1.08 bits per heavy atom. The van der Waals surface area contributed by atoms with E-state index in [2.05, 4.69) is 30.9 Å². The number of amides is 4. The molecule has 8 heterocycles. The van der Waals surface area contributed by atoms with E-state index in [9.17, 15) is 47.4 Å². The Balaban J connectivity index is 0.773. The van der Waals surface area contributed by atoms with E-state index >= 15 is 0 Å². The first-order chi connectivity index (χ1) is 43.9. The van der Waals surface area contributed by atoms with Gasteiger partial charge in [-0.05, 0) is 140 Å². The number of fused-ring (bicyclic) bond motifs is 2. The number of carbonyl (C=O) groups excluding carboxylic acids is 4. The molecule has 2 saturated heterocycles. The van der Waals surface area contributed by atoms with Crippen LogP contribution in [0.15, 0.2) is 82.3 Å².